The zero-order chi connectivity index (χ0) is 22.2. The summed E-state index contributed by atoms with van der Waals surface area (Å²) < 4.78 is 6.57. The first-order chi connectivity index (χ1) is 14.9. The number of hydrazone groups is 1. The van der Waals surface area contributed by atoms with Crippen LogP contribution in [0.25, 0.3) is 0 Å². The number of nitrogens with one attached hydrogen (secondary N) is 1. The highest BCUT2D eigenvalue weighted by atomic mass is 79.9. The van der Waals surface area contributed by atoms with E-state index >= 15 is 0 Å². The van der Waals surface area contributed by atoms with Crippen molar-refractivity contribution in [1.29, 1.82) is 0 Å². The van der Waals surface area contributed by atoms with Gasteiger partial charge < -0.3 is 9.84 Å². The third kappa shape index (κ3) is 6.48. The summed E-state index contributed by atoms with van der Waals surface area (Å²) in [5.41, 5.74) is 5.89. The molecule has 158 valence electrons. The molecule has 0 aliphatic rings. The number of aromatic hydroxyl groups is 1. The van der Waals surface area contributed by atoms with Gasteiger partial charge in [-0.1, -0.05) is 34.1 Å². The summed E-state index contributed by atoms with van der Waals surface area (Å²) in [6, 6.07) is 17.9. The van der Waals surface area contributed by atoms with Gasteiger partial charge in [0.05, 0.1) is 17.6 Å². The third-order valence-electron chi connectivity index (χ3n) is 4.21. The molecule has 0 radical (unpaired) electrons. The van der Waals surface area contributed by atoms with Crippen LogP contribution in [0, 0.1) is 13.8 Å². The lowest BCUT2D eigenvalue weighted by Gasteiger charge is -2.11. The van der Waals surface area contributed by atoms with Gasteiger partial charge in [0.15, 0.2) is 6.61 Å². The first-order valence-electron chi connectivity index (χ1n) is 9.43. The van der Waals surface area contributed by atoms with Gasteiger partial charge in [0.2, 0.25) is 0 Å². The largest absolute Gasteiger partial charge is 0.507 e. The van der Waals surface area contributed by atoms with Crippen LogP contribution in [-0.2, 0) is 4.79 Å². The molecule has 31 heavy (non-hydrogen) atoms. The third-order valence-corrected chi connectivity index (χ3v) is 4.67. The van der Waals surface area contributed by atoms with Crippen LogP contribution in [0.4, 0.5) is 11.4 Å². The molecule has 0 saturated carbocycles. The van der Waals surface area contributed by atoms with E-state index in [2.05, 4.69) is 36.7 Å². The van der Waals surface area contributed by atoms with Crippen molar-refractivity contribution in [2.24, 2.45) is 15.3 Å². The molecule has 0 bridgehead atoms. The number of benzene rings is 3. The van der Waals surface area contributed by atoms with E-state index in [0.717, 1.165) is 15.6 Å². The van der Waals surface area contributed by atoms with Crippen molar-refractivity contribution in [2.75, 3.05) is 6.61 Å². The summed E-state index contributed by atoms with van der Waals surface area (Å²) in [4.78, 5) is 12.1. The minimum Gasteiger partial charge on any atom is -0.507 e. The molecule has 0 heterocycles. The second-order valence-electron chi connectivity index (χ2n) is 6.73. The number of hydrogen-bond acceptors (Lipinski definition) is 6. The summed E-state index contributed by atoms with van der Waals surface area (Å²) in [6.45, 7) is 3.64. The monoisotopic (exact) mass is 480 g/mol. The molecule has 0 spiro atoms. The van der Waals surface area contributed by atoms with Crippen molar-refractivity contribution in [1.82, 2.24) is 5.43 Å². The van der Waals surface area contributed by atoms with Gasteiger partial charge in [-0.3, -0.25) is 4.79 Å². The van der Waals surface area contributed by atoms with Gasteiger partial charge >= 0.3 is 0 Å². The smallest absolute Gasteiger partial charge is 0.277 e. The molecule has 3 aromatic carbocycles. The van der Waals surface area contributed by atoms with E-state index in [4.69, 9.17) is 4.74 Å². The van der Waals surface area contributed by atoms with Crippen LogP contribution in [0.3, 0.4) is 0 Å². The van der Waals surface area contributed by atoms with E-state index in [1.54, 1.807) is 12.1 Å². The molecule has 0 aromatic heterocycles. The van der Waals surface area contributed by atoms with Crippen molar-refractivity contribution in [3.8, 4) is 11.5 Å². The zero-order valence-electron chi connectivity index (χ0n) is 17.0. The van der Waals surface area contributed by atoms with Crippen molar-refractivity contribution >= 4 is 39.4 Å². The van der Waals surface area contributed by atoms with Crippen molar-refractivity contribution in [2.45, 2.75) is 13.8 Å². The summed E-state index contributed by atoms with van der Waals surface area (Å²) >= 11 is 3.43. The van der Waals surface area contributed by atoms with E-state index in [0.29, 0.717) is 22.7 Å². The standard InChI is InChI=1S/C23H21BrN4O3/c1-15-10-18(24)11-16(2)23(15)31-14-22(30)28-25-13-17-12-20(8-9-21(17)29)27-26-19-6-4-3-5-7-19/h3-13,29H,14H2,1-2H3,(H,28,30)/b25-13+,27-26?. The fourth-order valence-electron chi connectivity index (χ4n) is 2.79. The maximum Gasteiger partial charge on any atom is 0.277 e. The van der Waals surface area contributed by atoms with Crippen LogP contribution in [0.2, 0.25) is 0 Å². The lowest BCUT2D eigenvalue weighted by molar-refractivity contribution is -0.123. The highest BCUT2D eigenvalue weighted by molar-refractivity contribution is 9.10. The van der Waals surface area contributed by atoms with Gasteiger partial charge in [-0.2, -0.15) is 15.3 Å². The molecule has 1 amide bonds. The Morgan fingerprint density at radius 1 is 1.03 bits per heavy atom. The first-order valence-corrected chi connectivity index (χ1v) is 10.2. The molecule has 7 nitrogen and oxygen atoms in total. The van der Waals surface area contributed by atoms with Gasteiger partial charge in [0.1, 0.15) is 11.5 Å². The lowest BCUT2D eigenvalue weighted by Crippen LogP contribution is -2.25. The van der Waals surface area contributed by atoms with Crippen LogP contribution >= 0.6 is 15.9 Å². The number of azo groups is 1. The molecule has 0 atom stereocenters. The molecule has 0 aliphatic heterocycles. The number of halogens is 1. The first kappa shape index (κ1) is 22.2. The Bertz CT molecular complexity index is 1110. The normalized spacial score (nSPS) is 11.2. The van der Waals surface area contributed by atoms with E-state index < -0.39 is 5.91 Å². The minimum absolute atomic E-state index is 0.00835. The number of amides is 1. The Morgan fingerprint density at radius 3 is 2.42 bits per heavy atom. The topological polar surface area (TPSA) is 95.6 Å². The molecule has 0 aliphatic carbocycles. The highest BCUT2D eigenvalue weighted by Gasteiger charge is 2.08. The molecular formula is C23H21BrN4O3. The van der Waals surface area contributed by atoms with Crippen LogP contribution in [0.5, 0.6) is 11.5 Å². The Balaban J connectivity index is 1.59. The Labute approximate surface area is 188 Å². The number of hydrogen-bond donors (Lipinski definition) is 2. The van der Waals surface area contributed by atoms with E-state index in [9.17, 15) is 9.90 Å². The summed E-state index contributed by atoms with van der Waals surface area (Å²) in [7, 11) is 0. The minimum atomic E-state index is -0.419. The van der Waals surface area contributed by atoms with E-state index in [1.807, 2.05) is 56.3 Å². The highest BCUT2D eigenvalue weighted by Crippen LogP contribution is 2.27. The average molecular weight is 481 g/mol. The number of phenolic OH excluding ortho intramolecular Hbond substituents is 1. The number of rotatable bonds is 7. The lowest BCUT2D eigenvalue weighted by atomic mass is 10.1. The van der Waals surface area contributed by atoms with Crippen molar-refractivity contribution in [3.63, 3.8) is 0 Å². The molecule has 2 N–H and O–H groups in total. The predicted octanol–water partition coefficient (Wildman–Crippen LogP) is 5.72. The summed E-state index contributed by atoms with van der Waals surface area (Å²) in [5.74, 6) is 0.253. The maximum atomic E-state index is 12.1. The molecular weight excluding hydrogens is 460 g/mol. The van der Waals surface area contributed by atoms with Gasteiger partial charge in [-0.15, -0.1) is 0 Å². The zero-order valence-corrected chi connectivity index (χ0v) is 18.6. The SMILES string of the molecule is Cc1cc(Br)cc(C)c1OCC(=O)N/N=C/c1cc(N=Nc2ccccc2)ccc1O. The van der Waals surface area contributed by atoms with Crippen molar-refractivity contribution in [3.05, 3.63) is 81.8 Å². The number of carbonyl (C=O) groups excluding carboxylic acids is 1. The maximum absolute atomic E-state index is 12.1. The molecule has 0 unspecified atom stereocenters. The fraction of sp³-hybridized carbons (Fsp3) is 0.130. The van der Waals surface area contributed by atoms with E-state index in [1.165, 1.54) is 12.3 Å². The van der Waals surface area contributed by atoms with Crippen LogP contribution in [-0.4, -0.2) is 23.8 Å². The van der Waals surface area contributed by atoms with E-state index in [-0.39, 0.29) is 12.4 Å². The molecule has 0 saturated heterocycles. The summed E-state index contributed by atoms with van der Waals surface area (Å²) in [6.07, 6.45) is 1.34. The molecule has 3 aromatic rings. The number of aryl methyl sites for hydroxylation is 2. The van der Waals surface area contributed by atoms with Crippen molar-refractivity contribution < 1.29 is 14.6 Å². The van der Waals surface area contributed by atoms with Crippen LogP contribution in [0.15, 0.2) is 80.5 Å². The fourth-order valence-corrected chi connectivity index (χ4v) is 3.47. The predicted molar refractivity (Wildman–Crippen MR) is 124 cm³/mol. The van der Waals surface area contributed by atoms with Gasteiger partial charge in [-0.25, -0.2) is 5.43 Å². The summed E-state index contributed by atoms with van der Waals surface area (Å²) in [5, 5.41) is 22.2. The Morgan fingerprint density at radius 2 is 1.71 bits per heavy atom. The number of phenols is 1. The van der Waals surface area contributed by atoms with Crippen LogP contribution < -0.4 is 10.2 Å². The second kappa shape index (κ2) is 10.5. The van der Waals surface area contributed by atoms with Gasteiger partial charge in [0, 0.05) is 10.0 Å². The van der Waals surface area contributed by atoms with Crippen LogP contribution in [0.1, 0.15) is 16.7 Å². The molecule has 8 heteroatoms. The number of nitrogens with zero attached hydrogens (tertiary/aromatic N) is 3. The Hall–Kier alpha value is -3.52. The number of carbonyl (C=O) groups is 1. The molecule has 3 rings (SSSR count). The molecule has 0 fully saturated rings. The number of ether oxygens (including phenoxy) is 1. The van der Waals surface area contributed by atoms with Gasteiger partial charge in [-0.05, 0) is 67.4 Å². The Kier molecular flexibility index (Phi) is 7.50. The second-order valence-corrected chi connectivity index (χ2v) is 7.64. The average Bonchev–Trinajstić information content (AvgIpc) is 2.74. The van der Waals surface area contributed by atoms with Gasteiger partial charge in [0.25, 0.3) is 5.91 Å². The quantitative estimate of drug-likeness (QED) is 0.257.